The minimum absolute atomic E-state index is 0.0317. The number of morpholine rings is 1. The van der Waals surface area contributed by atoms with E-state index in [4.69, 9.17) is 9.47 Å². The van der Waals surface area contributed by atoms with E-state index in [1.165, 1.54) is 12.1 Å². The fourth-order valence-electron chi connectivity index (χ4n) is 4.96. The van der Waals surface area contributed by atoms with Gasteiger partial charge in [0.15, 0.2) is 6.10 Å². The number of hydrogen-bond acceptors (Lipinski definition) is 4. The summed E-state index contributed by atoms with van der Waals surface area (Å²) in [5.41, 5.74) is 2.81. The first-order valence-electron chi connectivity index (χ1n) is 12.3. The summed E-state index contributed by atoms with van der Waals surface area (Å²) >= 11 is 0. The highest BCUT2D eigenvalue weighted by Crippen LogP contribution is 2.41. The predicted octanol–water partition coefficient (Wildman–Crippen LogP) is 3.73. The molecule has 7 heteroatoms. The van der Waals surface area contributed by atoms with Crippen LogP contribution in [0.4, 0.5) is 4.39 Å². The summed E-state index contributed by atoms with van der Waals surface area (Å²) in [5.74, 6) is 0.455. The fraction of sp³-hybridized carbons (Fsp3) is 0.481. The first-order chi connectivity index (χ1) is 16.5. The smallest absolute Gasteiger partial charge is 0.263 e. The number of halogens is 1. The van der Waals surface area contributed by atoms with Gasteiger partial charge < -0.3 is 19.3 Å². The van der Waals surface area contributed by atoms with Gasteiger partial charge in [-0.15, -0.1) is 0 Å². The summed E-state index contributed by atoms with van der Waals surface area (Å²) in [5, 5.41) is 0. The Morgan fingerprint density at radius 3 is 2.62 bits per heavy atom. The number of carbonyl (C=O) groups excluding carboxylic acids is 2. The van der Waals surface area contributed by atoms with Gasteiger partial charge in [-0.2, -0.15) is 0 Å². The number of benzene rings is 2. The van der Waals surface area contributed by atoms with E-state index in [1.54, 1.807) is 11.0 Å². The maximum atomic E-state index is 14.2. The van der Waals surface area contributed by atoms with Gasteiger partial charge in [-0.25, -0.2) is 4.39 Å². The van der Waals surface area contributed by atoms with E-state index in [-0.39, 0.29) is 29.6 Å². The highest BCUT2D eigenvalue weighted by Gasteiger charge is 2.40. The van der Waals surface area contributed by atoms with E-state index in [1.807, 2.05) is 36.1 Å². The minimum atomic E-state index is -0.587. The van der Waals surface area contributed by atoms with Gasteiger partial charge in [-0.05, 0) is 66.6 Å². The van der Waals surface area contributed by atoms with Crippen molar-refractivity contribution in [2.24, 2.45) is 5.92 Å². The van der Waals surface area contributed by atoms with Crippen LogP contribution in [0.25, 0.3) is 0 Å². The van der Waals surface area contributed by atoms with Crippen LogP contribution >= 0.6 is 0 Å². The van der Waals surface area contributed by atoms with Crippen LogP contribution in [0.3, 0.4) is 0 Å². The van der Waals surface area contributed by atoms with Crippen LogP contribution < -0.4 is 4.74 Å². The van der Waals surface area contributed by atoms with Crippen LogP contribution in [0.2, 0.25) is 0 Å². The van der Waals surface area contributed by atoms with Crippen molar-refractivity contribution in [3.8, 4) is 5.75 Å². The molecule has 2 fully saturated rings. The van der Waals surface area contributed by atoms with Gasteiger partial charge in [0.2, 0.25) is 5.91 Å². The van der Waals surface area contributed by atoms with Crippen molar-refractivity contribution < 1.29 is 23.5 Å². The molecule has 1 saturated heterocycles. The lowest BCUT2D eigenvalue weighted by molar-refractivity contribution is -0.143. The molecule has 2 aromatic carbocycles. The SMILES string of the molecule is CC[C@@H](Oc1ccc2c(c1)[C@H](c1cccc(F)c1)N(C(=O)C1CC1)CC2)C(=O)N1CCOCC1. The monoisotopic (exact) mass is 466 g/mol. The second-order valence-corrected chi connectivity index (χ2v) is 9.33. The van der Waals surface area contributed by atoms with Gasteiger partial charge >= 0.3 is 0 Å². The molecule has 3 aliphatic rings. The van der Waals surface area contributed by atoms with Crippen LogP contribution in [0.15, 0.2) is 42.5 Å². The molecule has 0 bridgehead atoms. The lowest BCUT2D eigenvalue weighted by Crippen LogP contribution is -2.47. The summed E-state index contributed by atoms with van der Waals surface area (Å²) in [7, 11) is 0. The third-order valence-corrected chi connectivity index (χ3v) is 6.97. The first-order valence-corrected chi connectivity index (χ1v) is 12.3. The van der Waals surface area contributed by atoms with Crippen molar-refractivity contribution in [2.75, 3.05) is 32.8 Å². The summed E-state index contributed by atoms with van der Waals surface area (Å²) in [6.07, 6.45) is 2.54. The van der Waals surface area contributed by atoms with Gasteiger partial charge in [0.05, 0.1) is 19.3 Å². The van der Waals surface area contributed by atoms with E-state index < -0.39 is 6.10 Å². The second kappa shape index (κ2) is 9.74. The maximum Gasteiger partial charge on any atom is 0.263 e. The van der Waals surface area contributed by atoms with Crippen LogP contribution in [-0.2, 0) is 20.7 Å². The van der Waals surface area contributed by atoms with Crippen LogP contribution in [-0.4, -0.2) is 60.6 Å². The van der Waals surface area contributed by atoms with Crippen molar-refractivity contribution in [3.05, 3.63) is 65.0 Å². The van der Waals surface area contributed by atoms with Crippen molar-refractivity contribution in [2.45, 2.75) is 44.8 Å². The number of carbonyl (C=O) groups is 2. The molecule has 0 aromatic heterocycles. The summed E-state index contributed by atoms with van der Waals surface area (Å²) in [6, 6.07) is 12.0. The Morgan fingerprint density at radius 1 is 1.12 bits per heavy atom. The second-order valence-electron chi connectivity index (χ2n) is 9.33. The van der Waals surface area contributed by atoms with Gasteiger partial charge in [0, 0.05) is 25.6 Å². The van der Waals surface area contributed by atoms with E-state index in [9.17, 15) is 14.0 Å². The quantitative estimate of drug-likeness (QED) is 0.651. The van der Waals surface area contributed by atoms with Crippen molar-refractivity contribution in [3.63, 3.8) is 0 Å². The zero-order valence-corrected chi connectivity index (χ0v) is 19.5. The predicted molar refractivity (Wildman–Crippen MR) is 125 cm³/mol. The summed E-state index contributed by atoms with van der Waals surface area (Å²) in [4.78, 5) is 29.9. The molecular weight excluding hydrogens is 435 g/mol. The molecule has 1 aliphatic carbocycles. The molecule has 34 heavy (non-hydrogen) atoms. The standard InChI is InChI=1S/C27H31FN2O4/c1-2-24(27(32)29-12-14-33-15-13-29)34-22-9-8-18-10-11-30(26(31)19-6-7-19)25(23(18)17-22)20-4-3-5-21(28)16-20/h3-5,8-9,16-17,19,24-25H,2,6-7,10-15H2,1H3/t24-,25+/m1/s1. The first kappa shape index (κ1) is 22.8. The molecule has 0 spiro atoms. The molecule has 2 aromatic rings. The van der Waals surface area contributed by atoms with Crippen molar-refractivity contribution in [1.29, 1.82) is 0 Å². The molecule has 6 nitrogen and oxygen atoms in total. The Balaban J connectivity index is 1.45. The Hall–Kier alpha value is -2.93. The third-order valence-electron chi connectivity index (χ3n) is 6.97. The molecule has 5 rings (SSSR count). The molecule has 2 atom stereocenters. The highest BCUT2D eigenvalue weighted by atomic mass is 19.1. The Morgan fingerprint density at radius 2 is 1.91 bits per heavy atom. The molecule has 0 unspecified atom stereocenters. The zero-order chi connectivity index (χ0) is 23.7. The molecule has 2 amide bonds. The van der Waals surface area contributed by atoms with Crippen LogP contribution in [0.1, 0.15) is 48.9 Å². The van der Waals surface area contributed by atoms with E-state index in [2.05, 4.69) is 0 Å². The number of amides is 2. The number of ether oxygens (including phenoxy) is 2. The molecule has 0 radical (unpaired) electrons. The van der Waals surface area contributed by atoms with Gasteiger partial charge in [0.25, 0.3) is 5.91 Å². The van der Waals surface area contributed by atoms with Gasteiger partial charge in [-0.1, -0.05) is 25.1 Å². The molecule has 0 N–H and O–H groups in total. The van der Waals surface area contributed by atoms with Crippen LogP contribution in [0.5, 0.6) is 5.75 Å². The maximum absolute atomic E-state index is 14.2. The average molecular weight is 467 g/mol. The number of nitrogens with zero attached hydrogens (tertiary/aromatic N) is 2. The van der Waals surface area contributed by atoms with Crippen molar-refractivity contribution >= 4 is 11.8 Å². The Bertz CT molecular complexity index is 1060. The zero-order valence-electron chi connectivity index (χ0n) is 19.5. The minimum Gasteiger partial charge on any atom is -0.481 e. The van der Waals surface area contributed by atoms with Crippen LogP contribution in [0, 0.1) is 11.7 Å². The molecule has 2 aliphatic heterocycles. The molecular formula is C27H31FN2O4. The lowest BCUT2D eigenvalue weighted by Gasteiger charge is -2.38. The summed E-state index contributed by atoms with van der Waals surface area (Å²) in [6.45, 7) is 4.78. The molecule has 1 saturated carbocycles. The average Bonchev–Trinajstić information content (AvgIpc) is 3.72. The van der Waals surface area contributed by atoms with Gasteiger partial charge in [-0.3, -0.25) is 9.59 Å². The lowest BCUT2D eigenvalue weighted by atomic mass is 9.87. The van der Waals surface area contributed by atoms with E-state index in [0.29, 0.717) is 45.0 Å². The van der Waals surface area contributed by atoms with E-state index in [0.717, 1.165) is 36.0 Å². The number of hydrogen-bond donors (Lipinski definition) is 0. The summed E-state index contributed by atoms with van der Waals surface area (Å²) < 4.78 is 25.7. The molecule has 2 heterocycles. The Labute approximate surface area is 199 Å². The normalized spacial score (nSPS) is 21.1. The fourth-order valence-corrected chi connectivity index (χ4v) is 4.96. The largest absolute Gasteiger partial charge is 0.481 e. The number of rotatable bonds is 6. The topological polar surface area (TPSA) is 59.1 Å². The third kappa shape index (κ3) is 4.67. The van der Waals surface area contributed by atoms with Gasteiger partial charge in [0.1, 0.15) is 11.6 Å². The molecule has 180 valence electrons. The van der Waals surface area contributed by atoms with Crippen molar-refractivity contribution in [1.82, 2.24) is 9.80 Å². The highest BCUT2D eigenvalue weighted by molar-refractivity contribution is 5.82. The Kier molecular flexibility index (Phi) is 6.55. The van der Waals surface area contributed by atoms with E-state index >= 15 is 0 Å². The number of fused-ring (bicyclic) bond motifs is 1.